The van der Waals surface area contributed by atoms with Gasteiger partial charge in [0.15, 0.2) is 5.11 Å². The van der Waals surface area contributed by atoms with Crippen LogP contribution in [0.5, 0.6) is 0 Å². The van der Waals surface area contributed by atoms with Gasteiger partial charge in [0.25, 0.3) is 0 Å². The van der Waals surface area contributed by atoms with Crippen LogP contribution in [0.3, 0.4) is 0 Å². The van der Waals surface area contributed by atoms with Crippen molar-refractivity contribution < 1.29 is 14.3 Å². The molecule has 3 N–H and O–H groups in total. The van der Waals surface area contributed by atoms with E-state index in [1.54, 1.807) is 6.07 Å². The van der Waals surface area contributed by atoms with E-state index in [0.717, 1.165) is 11.3 Å². The summed E-state index contributed by atoms with van der Waals surface area (Å²) < 4.78 is 5.78. The van der Waals surface area contributed by atoms with Crippen molar-refractivity contribution in [3.8, 4) is 11.3 Å². The number of furan rings is 1. The second kappa shape index (κ2) is 8.31. The van der Waals surface area contributed by atoms with E-state index in [1.807, 2.05) is 60.7 Å². The van der Waals surface area contributed by atoms with Crippen LogP contribution in [0.15, 0.2) is 71.1 Å². The Morgan fingerprint density at radius 2 is 1.69 bits per heavy atom. The maximum Gasteiger partial charge on any atom is 0.339 e. The molecule has 1 aromatic heterocycles. The molecule has 3 aromatic rings. The van der Waals surface area contributed by atoms with Gasteiger partial charge in [-0.25, -0.2) is 4.79 Å². The minimum atomic E-state index is -1.00. The number of para-hydroxylation sites is 1. The third-order valence-corrected chi connectivity index (χ3v) is 4.01. The number of thiocarbonyl (C=S) groups is 1. The molecular weight excluding hydrogens is 348 g/mol. The number of carboxylic acid groups (broad SMARTS) is 1. The van der Waals surface area contributed by atoms with E-state index in [9.17, 15) is 9.90 Å². The predicted molar refractivity (Wildman–Crippen MR) is 105 cm³/mol. The van der Waals surface area contributed by atoms with Gasteiger partial charge in [-0.15, -0.1) is 0 Å². The molecule has 0 amide bonds. The smallest absolute Gasteiger partial charge is 0.339 e. The number of benzene rings is 2. The monoisotopic (exact) mass is 366 g/mol. The van der Waals surface area contributed by atoms with Crippen molar-refractivity contribution in [1.29, 1.82) is 0 Å². The van der Waals surface area contributed by atoms with Crippen molar-refractivity contribution in [1.82, 2.24) is 5.32 Å². The molecular formula is C20H18N2O3S. The third-order valence-electron chi connectivity index (χ3n) is 3.77. The molecule has 0 bridgehead atoms. The SMILES string of the molecule is O=C(O)c1cc(-c2ccccc2)oc1CCNC(=S)Nc1ccccc1. The largest absolute Gasteiger partial charge is 0.478 e. The molecule has 5 nitrogen and oxygen atoms in total. The fraction of sp³-hybridized carbons (Fsp3) is 0.100. The Morgan fingerprint density at radius 3 is 2.35 bits per heavy atom. The lowest BCUT2D eigenvalue weighted by Crippen LogP contribution is -2.30. The number of anilines is 1. The highest BCUT2D eigenvalue weighted by molar-refractivity contribution is 7.80. The van der Waals surface area contributed by atoms with Crippen LogP contribution in [0.25, 0.3) is 11.3 Å². The molecule has 0 fully saturated rings. The van der Waals surface area contributed by atoms with Gasteiger partial charge in [-0.05, 0) is 30.4 Å². The average Bonchev–Trinajstić information content (AvgIpc) is 3.08. The van der Waals surface area contributed by atoms with Gasteiger partial charge in [-0.3, -0.25) is 0 Å². The summed E-state index contributed by atoms with van der Waals surface area (Å²) in [6, 6.07) is 20.6. The molecule has 0 atom stereocenters. The van der Waals surface area contributed by atoms with Gasteiger partial charge in [0.05, 0.1) is 0 Å². The Bertz CT molecular complexity index is 892. The van der Waals surface area contributed by atoms with Crippen molar-refractivity contribution in [3.63, 3.8) is 0 Å². The summed E-state index contributed by atoms with van der Waals surface area (Å²) in [5.41, 5.74) is 1.91. The van der Waals surface area contributed by atoms with Gasteiger partial charge < -0.3 is 20.2 Å². The van der Waals surface area contributed by atoms with Gasteiger partial charge in [0.1, 0.15) is 17.1 Å². The number of aromatic carboxylic acids is 1. The molecule has 0 spiro atoms. The van der Waals surface area contributed by atoms with Crippen LogP contribution < -0.4 is 10.6 Å². The Labute approximate surface area is 156 Å². The summed E-state index contributed by atoms with van der Waals surface area (Å²) in [5.74, 6) is -0.0368. The van der Waals surface area contributed by atoms with Crippen LogP contribution in [0.1, 0.15) is 16.1 Å². The first kappa shape index (κ1) is 17.7. The first-order valence-corrected chi connectivity index (χ1v) is 8.55. The first-order chi connectivity index (χ1) is 12.6. The molecule has 26 heavy (non-hydrogen) atoms. The Balaban J connectivity index is 1.63. The third kappa shape index (κ3) is 4.49. The van der Waals surface area contributed by atoms with Crippen LogP contribution >= 0.6 is 12.2 Å². The normalized spacial score (nSPS) is 10.3. The summed E-state index contributed by atoms with van der Waals surface area (Å²) >= 11 is 5.25. The number of carbonyl (C=O) groups is 1. The summed E-state index contributed by atoms with van der Waals surface area (Å²) in [5, 5.41) is 16.0. The van der Waals surface area contributed by atoms with Gasteiger partial charge in [0.2, 0.25) is 0 Å². The molecule has 0 aliphatic heterocycles. The van der Waals surface area contributed by atoms with Crippen LogP contribution in [0.4, 0.5) is 5.69 Å². The zero-order chi connectivity index (χ0) is 18.4. The highest BCUT2D eigenvalue weighted by Gasteiger charge is 2.17. The Hall–Kier alpha value is -3.12. The van der Waals surface area contributed by atoms with E-state index < -0.39 is 5.97 Å². The van der Waals surface area contributed by atoms with E-state index in [2.05, 4.69) is 10.6 Å². The minimum Gasteiger partial charge on any atom is -0.478 e. The number of hydrogen-bond donors (Lipinski definition) is 3. The highest BCUT2D eigenvalue weighted by Crippen LogP contribution is 2.26. The van der Waals surface area contributed by atoms with E-state index in [1.165, 1.54) is 0 Å². The molecule has 1 heterocycles. The minimum absolute atomic E-state index is 0.174. The Morgan fingerprint density at radius 1 is 1.04 bits per heavy atom. The lowest BCUT2D eigenvalue weighted by atomic mass is 10.1. The van der Waals surface area contributed by atoms with E-state index in [4.69, 9.17) is 16.6 Å². The van der Waals surface area contributed by atoms with E-state index in [0.29, 0.717) is 29.6 Å². The van der Waals surface area contributed by atoms with Gasteiger partial charge >= 0.3 is 5.97 Å². The van der Waals surface area contributed by atoms with E-state index >= 15 is 0 Å². The fourth-order valence-corrected chi connectivity index (χ4v) is 2.75. The lowest BCUT2D eigenvalue weighted by Gasteiger charge is -2.09. The van der Waals surface area contributed by atoms with Crippen LogP contribution in [0.2, 0.25) is 0 Å². The molecule has 2 aromatic carbocycles. The number of hydrogen-bond acceptors (Lipinski definition) is 3. The molecule has 132 valence electrons. The summed E-state index contributed by atoms with van der Waals surface area (Å²) in [4.78, 5) is 11.5. The fourth-order valence-electron chi connectivity index (χ4n) is 2.53. The van der Waals surface area contributed by atoms with Crippen molar-refractivity contribution in [2.75, 3.05) is 11.9 Å². The molecule has 6 heteroatoms. The molecule has 0 saturated carbocycles. The molecule has 0 unspecified atom stereocenters. The molecule has 0 radical (unpaired) electrons. The van der Waals surface area contributed by atoms with Gasteiger partial charge in [-0.2, -0.15) is 0 Å². The second-order valence-corrected chi connectivity index (χ2v) is 6.02. The van der Waals surface area contributed by atoms with Crippen molar-refractivity contribution >= 4 is 29.0 Å². The summed E-state index contributed by atoms with van der Waals surface area (Å²) in [7, 11) is 0. The zero-order valence-electron chi connectivity index (χ0n) is 13.9. The topological polar surface area (TPSA) is 74.5 Å². The predicted octanol–water partition coefficient (Wildman–Crippen LogP) is 4.17. The molecule has 0 aliphatic carbocycles. The van der Waals surface area contributed by atoms with Crippen LogP contribution in [-0.4, -0.2) is 22.7 Å². The standard InChI is InChI=1S/C20H18N2O3S/c23-19(24)16-13-18(14-7-3-1-4-8-14)25-17(16)11-12-21-20(26)22-15-9-5-2-6-10-15/h1-10,13H,11-12H2,(H,23,24)(H2,21,22,26). The second-order valence-electron chi connectivity index (χ2n) is 5.62. The van der Waals surface area contributed by atoms with Gasteiger partial charge in [-0.1, -0.05) is 48.5 Å². The molecule has 3 rings (SSSR count). The maximum atomic E-state index is 11.5. The number of nitrogens with one attached hydrogen (secondary N) is 2. The van der Waals surface area contributed by atoms with Crippen LogP contribution in [0, 0.1) is 0 Å². The number of rotatable bonds is 6. The van der Waals surface area contributed by atoms with E-state index in [-0.39, 0.29) is 5.56 Å². The lowest BCUT2D eigenvalue weighted by molar-refractivity contribution is 0.0694. The van der Waals surface area contributed by atoms with Crippen molar-refractivity contribution in [2.24, 2.45) is 0 Å². The summed E-state index contributed by atoms with van der Waals surface area (Å²) in [6.45, 7) is 0.459. The molecule has 0 aliphatic rings. The van der Waals surface area contributed by atoms with Gasteiger partial charge in [0, 0.05) is 24.2 Å². The Kier molecular flexibility index (Phi) is 5.66. The molecule has 0 saturated heterocycles. The number of carboxylic acids is 1. The summed E-state index contributed by atoms with van der Waals surface area (Å²) in [6.07, 6.45) is 0.408. The highest BCUT2D eigenvalue weighted by atomic mass is 32.1. The van der Waals surface area contributed by atoms with Crippen molar-refractivity contribution in [2.45, 2.75) is 6.42 Å². The zero-order valence-corrected chi connectivity index (χ0v) is 14.8. The van der Waals surface area contributed by atoms with Crippen LogP contribution in [-0.2, 0) is 6.42 Å². The first-order valence-electron chi connectivity index (χ1n) is 8.15. The quantitative estimate of drug-likeness (QED) is 0.569. The van der Waals surface area contributed by atoms with Crippen molar-refractivity contribution in [3.05, 3.63) is 78.1 Å². The average molecular weight is 366 g/mol. The maximum absolute atomic E-state index is 11.5.